The van der Waals surface area contributed by atoms with E-state index in [9.17, 15) is 4.79 Å². The molecule has 0 bridgehead atoms. The Morgan fingerprint density at radius 3 is 2.54 bits per heavy atom. The van der Waals surface area contributed by atoms with Crippen LogP contribution in [0.4, 0.5) is 0 Å². The zero-order valence-corrected chi connectivity index (χ0v) is 16.9. The topological polar surface area (TPSA) is 82.8 Å². The zero-order chi connectivity index (χ0) is 20.1. The molecular weight excluding hydrogens is 360 g/mol. The molecule has 0 unspecified atom stereocenters. The molecule has 2 aromatic rings. The summed E-state index contributed by atoms with van der Waals surface area (Å²) in [5.41, 5.74) is 1.28. The summed E-state index contributed by atoms with van der Waals surface area (Å²) >= 11 is 0. The van der Waals surface area contributed by atoms with Gasteiger partial charge in [0.25, 0.3) is 5.91 Å². The van der Waals surface area contributed by atoms with Crippen molar-refractivity contribution in [1.29, 1.82) is 0 Å². The van der Waals surface area contributed by atoms with Crippen molar-refractivity contribution in [2.45, 2.75) is 58.1 Å². The minimum absolute atomic E-state index is 0.0812. The maximum absolute atomic E-state index is 12.6. The fraction of sp³-hybridized carbons (Fsp3) is 0.524. The van der Waals surface area contributed by atoms with Gasteiger partial charge in [-0.3, -0.25) is 4.79 Å². The monoisotopic (exact) mass is 388 g/mol. The highest BCUT2D eigenvalue weighted by Crippen LogP contribution is 2.38. The molecule has 1 aromatic carbocycles. The van der Waals surface area contributed by atoms with Crippen molar-refractivity contribution in [1.82, 2.24) is 10.5 Å². The van der Waals surface area contributed by atoms with Gasteiger partial charge in [-0.2, -0.15) is 0 Å². The quantitative estimate of drug-likeness (QED) is 0.779. The van der Waals surface area contributed by atoms with Gasteiger partial charge >= 0.3 is 0 Å². The van der Waals surface area contributed by atoms with Gasteiger partial charge in [-0.05, 0) is 51.2 Å². The molecule has 1 aliphatic rings. The molecule has 0 atom stereocenters. The van der Waals surface area contributed by atoms with E-state index in [-0.39, 0.29) is 18.1 Å². The first-order valence-corrected chi connectivity index (χ1v) is 9.71. The number of aromatic nitrogens is 1. The second-order valence-corrected chi connectivity index (χ2v) is 6.97. The lowest BCUT2D eigenvalue weighted by Crippen LogP contribution is -2.40. The molecule has 7 heteroatoms. The number of benzene rings is 1. The summed E-state index contributed by atoms with van der Waals surface area (Å²) in [6.07, 6.45) is 4.17. The molecule has 1 aliphatic carbocycles. The Balaban J connectivity index is 1.57. The van der Waals surface area contributed by atoms with Crippen LogP contribution in [-0.4, -0.2) is 37.4 Å². The molecule has 1 saturated carbocycles. The van der Waals surface area contributed by atoms with E-state index in [1.807, 2.05) is 25.1 Å². The van der Waals surface area contributed by atoms with Gasteiger partial charge in [0.05, 0.1) is 26.0 Å². The van der Waals surface area contributed by atoms with Crippen molar-refractivity contribution in [3.05, 3.63) is 35.2 Å². The van der Waals surface area contributed by atoms with E-state index in [2.05, 4.69) is 10.5 Å². The maximum Gasteiger partial charge on any atom is 0.257 e. The van der Waals surface area contributed by atoms with Gasteiger partial charge in [0.2, 0.25) is 5.75 Å². The third-order valence-electron chi connectivity index (χ3n) is 5.17. The number of methoxy groups -OCH3 is 2. The molecule has 0 radical (unpaired) electrons. The number of hydrogen-bond acceptors (Lipinski definition) is 6. The Morgan fingerprint density at radius 2 is 1.89 bits per heavy atom. The Labute approximate surface area is 165 Å². The highest BCUT2D eigenvalue weighted by atomic mass is 16.5. The predicted octanol–water partition coefficient (Wildman–Crippen LogP) is 3.68. The highest BCUT2D eigenvalue weighted by molar-refractivity contribution is 5.96. The average molecular weight is 388 g/mol. The minimum Gasteiger partial charge on any atom is -0.493 e. The fourth-order valence-electron chi connectivity index (χ4n) is 3.66. The van der Waals surface area contributed by atoms with Gasteiger partial charge in [0.15, 0.2) is 11.5 Å². The largest absolute Gasteiger partial charge is 0.493 e. The van der Waals surface area contributed by atoms with Crippen molar-refractivity contribution >= 4 is 5.91 Å². The third-order valence-corrected chi connectivity index (χ3v) is 5.17. The number of para-hydroxylation sites is 1. The number of carbonyl (C=O) groups excluding carboxylic acids is 1. The summed E-state index contributed by atoms with van der Waals surface area (Å²) in [6, 6.07) is 5.74. The predicted molar refractivity (Wildman–Crippen MR) is 104 cm³/mol. The molecular formula is C21H28N2O5. The van der Waals surface area contributed by atoms with Crippen LogP contribution in [-0.2, 0) is 6.42 Å². The number of ether oxygens (including phenoxy) is 3. The van der Waals surface area contributed by atoms with E-state index in [0.29, 0.717) is 40.7 Å². The molecule has 3 rings (SSSR count). The van der Waals surface area contributed by atoms with Gasteiger partial charge < -0.3 is 24.1 Å². The first-order chi connectivity index (χ1) is 13.6. The number of aryl methyl sites for hydroxylation is 2. The first kappa shape index (κ1) is 20.0. The fourth-order valence-corrected chi connectivity index (χ4v) is 3.66. The van der Waals surface area contributed by atoms with Gasteiger partial charge in [-0.25, -0.2) is 0 Å². The lowest BCUT2D eigenvalue weighted by atomic mass is 9.92. The molecule has 152 valence electrons. The first-order valence-electron chi connectivity index (χ1n) is 9.71. The zero-order valence-electron chi connectivity index (χ0n) is 16.9. The number of rotatable bonds is 7. The van der Waals surface area contributed by atoms with E-state index < -0.39 is 0 Å². The third kappa shape index (κ3) is 4.24. The number of hydrogen-bond donors (Lipinski definition) is 1. The molecule has 0 spiro atoms. The Kier molecular flexibility index (Phi) is 6.44. The van der Waals surface area contributed by atoms with Gasteiger partial charge in [0, 0.05) is 6.04 Å². The molecule has 28 heavy (non-hydrogen) atoms. The molecule has 1 aromatic heterocycles. The molecule has 1 N–H and O–H groups in total. The van der Waals surface area contributed by atoms with Crippen LogP contribution >= 0.6 is 0 Å². The van der Waals surface area contributed by atoms with E-state index in [0.717, 1.165) is 25.7 Å². The van der Waals surface area contributed by atoms with Crippen molar-refractivity contribution in [2.24, 2.45) is 0 Å². The van der Waals surface area contributed by atoms with Crippen LogP contribution in [0.5, 0.6) is 17.2 Å². The van der Waals surface area contributed by atoms with E-state index in [1.54, 1.807) is 21.1 Å². The number of amides is 1. The summed E-state index contributed by atoms with van der Waals surface area (Å²) < 4.78 is 22.1. The molecule has 7 nitrogen and oxygen atoms in total. The lowest BCUT2D eigenvalue weighted by molar-refractivity contribution is 0.0889. The summed E-state index contributed by atoms with van der Waals surface area (Å²) in [5.74, 6) is 2.40. The van der Waals surface area contributed by atoms with Gasteiger partial charge in [-0.1, -0.05) is 18.1 Å². The van der Waals surface area contributed by atoms with Crippen molar-refractivity contribution < 1.29 is 23.5 Å². The van der Waals surface area contributed by atoms with Crippen molar-refractivity contribution in [3.63, 3.8) is 0 Å². The van der Waals surface area contributed by atoms with Crippen molar-refractivity contribution in [2.75, 3.05) is 14.2 Å². The smallest absolute Gasteiger partial charge is 0.257 e. The number of nitrogens with zero attached hydrogens (tertiary/aromatic N) is 1. The van der Waals surface area contributed by atoms with E-state index in [1.165, 1.54) is 0 Å². The maximum atomic E-state index is 12.6. The minimum atomic E-state index is -0.102. The Morgan fingerprint density at radius 1 is 1.18 bits per heavy atom. The second kappa shape index (κ2) is 8.99. The summed E-state index contributed by atoms with van der Waals surface area (Å²) in [6.45, 7) is 3.73. The molecule has 1 fully saturated rings. The van der Waals surface area contributed by atoms with E-state index in [4.69, 9.17) is 18.7 Å². The summed E-state index contributed by atoms with van der Waals surface area (Å²) in [4.78, 5) is 12.6. The molecule has 1 amide bonds. The standard InChI is InChI=1S/C21H28N2O5/c1-5-16-19(13(2)28-23-16)21(24)22-14-9-11-15(12-10-14)27-18-8-6-7-17(25-3)20(18)26-4/h6-8,14-15H,5,9-12H2,1-4H3,(H,22,24). The van der Waals surface area contributed by atoms with Crippen LogP contribution in [0.2, 0.25) is 0 Å². The highest BCUT2D eigenvalue weighted by Gasteiger charge is 2.27. The van der Waals surface area contributed by atoms with Crippen molar-refractivity contribution in [3.8, 4) is 17.2 Å². The van der Waals surface area contributed by atoms with Gasteiger partial charge in [-0.15, -0.1) is 0 Å². The van der Waals surface area contributed by atoms with Crippen LogP contribution in [0.1, 0.15) is 54.4 Å². The van der Waals surface area contributed by atoms with Crippen LogP contribution in [0.3, 0.4) is 0 Å². The van der Waals surface area contributed by atoms with Crippen LogP contribution < -0.4 is 19.5 Å². The normalized spacial score (nSPS) is 19.1. The molecule has 1 heterocycles. The second-order valence-electron chi connectivity index (χ2n) is 6.97. The SMILES string of the molecule is CCc1noc(C)c1C(=O)NC1CCC(Oc2cccc(OC)c2OC)CC1. The Bertz CT molecular complexity index is 809. The van der Waals surface area contributed by atoms with Crippen LogP contribution in [0.15, 0.2) is 22.7 Å². The van der Waals surface area contributed by atoms with Gasteiger partial charge in [0.1, 0.15) is 11.3 Å². The summed E-state index contributed by atoms with van der Waals surface area (Å²) in [5, 5.41) is 7.08. The Hall–Kier alpha value is -2.70. The molecule has 0 saturated heterocycles. The van der Waals surface area contributed by atoms with E-state index >= 15 is 0 Å². The number of carbonyl (C=O) groups is 1. The lowest BCUT2D eigenvalue weighted by Gasteiger charge is -2.30. The average Bonchev–Trinajstić information content (AvgIpc) is 3.09. The van der Waals surface area contributed by atoms with Crippen LogP contribution in [0.25, 0.3) is 0 Å². The molecule has 0 aliphatic heterocycles. The summed E-state index contributed by atoms with van der Waals surface area (Å²) in [7, 11) is 3.21. The number of nitrogens with one attached hydrogen (secondary N) is 1. The van der Waals surface area contributed by atoms with Crippen LogP contribution in [0, 0.1) is 6.92 Å².